The number of halogens is 1. The molecule has 2 N–H and O–H groups in total. The number of aliphatic imine (C=N–C) groups is 1. The third-order valence-corrected chi connectivity index (χ3v) is 4.30. The van der Waals surface area contributed by atoms with Crippen LogP contribution in [0.1, 0.15) is 26.7 Å². The van der Waals surface area contributed by atoms with E-state index in [1.165, 1.54) is 0 Å². The number of para-hydroxylation sites is 2. The van der Waals surface area contributed by atoms with Crippen LogP contribution in [0.15, 0.2) is 29.3 Å². The van der Waals surface area contributed by atoms with E-state index in [9.17, 15) is 5.11 Å². The van der Waals surface area contributed by atoms with Gasteiger partial charge in [0.15, 0.2) is 5.96 Å². The molecule has 6 nitrogen and oxygen atoms in total. The highest BCUT2D eigenvalue weighted by molar-refractivity contribution is 14.0. The van der Waals surface area contributed by atoms with E-state index in [1.807, 2.05) is 25.1 Å². The first-order chi connectivity index (χ1) is 12.3. The SMILES string of the molecule is CCNC(=NCCCCOCC)N1CCN(c2ccccc2O)CC1.I. The first-order valence-corrected chi connectivity index (χ1v) is 9.40. The Bertz CT molecular complexity index is 534. The Kier molecular flexibility index (Phi) is 11.4. The molecule has 0 radical (unpaired) electrons. The molecule has 0 atom stereocenters. The largest absolute Gasteiger partial charge is 0.506 e. The minimum absolute atomic E-state index is 0. The first kappa shape index (κ1) is 22.8. The molecule has 0 unspecified atom stereocenters. The number of ether oxygens (including phenoxy) is 1. The van der Waals surface area contributed by atoms with E-state index in [1.54, 1.807) is 6.07 Å². The molecule has 1 aromatic rings. The van der Waals surface area contributed by atoms with Gasteiger partial charge in [0.05, 0.1) is 5.69 Å². The van der Waals surface area contributed by atoms with Crippen LogP contribution in [0.3, 0.4) is 0 Å². The van der Waals surface area contributed by atoms with Crippen molar-refractivity contribution in [3.05, 3.63) is 24.3 Å². The lowest BCUT2D eigenvalue weighted by Crippen LogP contribution is -2.52. The van der Waals surface area contributed by atoms with Crippen molar-refractivity contribution < 1.29 is 9.84 Å². The molecule has 0 saturated carbocycles. The van der Waals surface area contributed by atoms with Gasteiger partial charge >= 0.3 is 0 Å². The zero-order valence-electron chi connectivity index (χ0n) is 16.0. The van der Waals surface area contributed by atoms with Gasteiger partial charge in [-0.15, -0.1) is 24.0 Å². The second-order valence-electron chi connectivity index (χ2n) is 6.10. The molecule has 0 aromatic heterocycles. The molecule has 1 aliphatic rings. The average molecular weight is 476 g/mol. The lowest BCUT2D eigenvalue weighted by molar-refractivity contribution is 0.144. The van der Waals surface area contributed by atoms with E-state index in [0.29, 0.717) is 5.75 Å². The number of hydrogen-bond donors (Lipinski definition) is 2. The summed E-state index contributed by atoms with van der Waals surface area (Å²) in [4.78, 5) is 9.30. The molecule has 1 saturated heterocycles. The van der Waals surface area contributed by atoms with Crippen LogP contribution in [-0.2, 0) is 4.74 Å². The molecule has 0 aliphatic carbocycles. The summed E-state index contributed by atoms with van der Waals surface area (Å²) in [6, 6.07) is 7.55. The average Bonchev–Trinajstić information content (AvgIpc) is 2.64. The zero-order chi connectivity index (χ0) is 17.9. The summed E-state index contributed by atoms with van der Waals surface area (Å²) >= 11 is 0. The van der Waals surface area contributed by atoms with Crippen LogP contribution in [0, 0.1) is 0 Å². The number of aromatic hydroxyl groups is 1. The summed E-state index contributed by atoms with van der Waals surface area (Å²) in [5.74, 6) is 1.35. The molecular formula is C19H33IN4O2. The highest BCUT2D eigenvalue weighted by Crippen LogP contribution is 2.27. The maximum absolute atomic E-state index is 10.0. The van der Waals surface area contributed by atoms with Gasteiger partial charge in [0.2, 0.25) is 0 Å². The van der Waals surface area contributed by atoms with Crippen LogP contribution in [-0.4, -0.2) is 68.4 Å². The van der Waals surface area contributed by atoms with Gasteiger partial charge < -0.3 is 25.0 Å². The van der Waals surface area contributed by atoms with Crippen molar-refractivity contribution in [1.29, 1.82) is 0 Å². The van der Waals surface area contributed by atoms with E-state index in [2.05, 4.69) is 22.0 Å². The Morgan fingerprint density at radius 1 is 1.15 bits per heavy atom. The van der Waals surface area contributed by atoms with Gasteiger partial charge in [-0.25, -0.2) is 0 Å². The van der Waals surface area contributed by atoms with E-state index in [4.69, 9.17) is 9.73 Å². The van der Waals surface area contributed by atoms with Gasteiger partial charge in [-0.3, -0.25) is 4.99 Å². The number of anilines is 1. The molecule has 7 heteroatoms. The molecule has 1 aliphatic heterocycles. The molecule has 148 valence electrons. The van der Waals surface area contributed by atoms with Crippen LogP contribution in [0.4, 0.5) is 5.69 Å². The highest BCUT2D eigenvalue weighted by Gasteiger charge is 2.21. The lowest BCUT2D eigenvalue weighted by atomic mass is 10.2. The topological polar surface area (TPSA) is 60.3 Å². The van der Waals surface area contributed by atoms with Crippen molar-refractivity contribution >= 4 is 35.6 Å². The number of hydrogen-bond acceptors (Lipinski definition) is 4. The Balaban J connectivity index is 0.00000338. The van der Waals surface area contributed by atoms with E-state index < -0.39 is 0 Å². The Morgan fingerprint density at radius 2 is 1.88 bits per heavy atom. The summed E-state index contributed by atoms with van der Waals surface area (Å²) in [6.45, 7) is 11.0. The number of guanidine groups is 1. The van der Waals surface area contributed by atoms with E-state index in [-0.39, 0.29) is 24.0 Å². The number of nitrogens with one attached hydrogen (secondary N) is 1. The van der Waals surface area contributed by atoms with Crippen LogP contribution < -0.4 is 10.2 Å². The normalized spacial score (nSPS) is 14.9. The van der Waals surface area contributed by atoms with Crippen LogP contribution >= 0.6 is 24.0 Å². The Hall–Kier alpha value is -1.22. The second kappa shape index (κ2) is 13.0. The predicted octanol–water partition coefficient (Wildman–Crippen LogP) is 2.91. The number of phenols is 1. The van der Waals surface area contributed by atoms with Crippen molar-refractivity contribution in [1.82, 2.24) is 10.2 Å². The van der Waals surface area contributed by atoms with Gasteiger partial charge in [-0.2, -0.15) is 0 Å². The van der Waals surface area contributed by atoms with Crippen molar-refractivity contribution in [2.24, 2.45) is 4.99 Å². The summed E-state index contributed by atoms with van der Waals surface area (Å²) < 4.78 is 5.37. The zero-order valence-corrected chi connectivity index (χ0v) is 18.3. The second-order valence-corrected chi connectivity index (χ2v) is 6.10. The molecule has 0 amide bonds. The summed E-state index contributed by atoms with van der Waals surface area (Å²) in [7, 11) is 0. The fourth-order valence-electron chi connectivity index (χ4n) is 2.96. The van der Waals surface area contributed by atoms with Gasteiger partial charge in [-0.1, -0.05) is 12.1 Å². The fraction of sp³-hybridized carbons (Fsp3) is 0.632. The number of nitrogens with zero attached hydrogens (tertiary/aromatic N) is 3. The summed E-state index contributed by atoms with van der Waals surface area (Å²) in [5, 5.41) is 13.4. The molecule has 2 rings (SSSR count). The lowest BCUT2D eigenvalue weighted by Gasteiger charge is -2.37. The van der Waals surface area contributed by atoms with Crippen molar-refractivity contribution in [3.8, 4) is 5.75 Å². The number of benzene rings is 1. The van der Waals surface area contributed by atoms with Crippen molar-refractivity contribution in [2.45, 2.75) is 26.7 Å². The standard InChI is InChI=1S/C19H32N4O2.HI/c1-3-20-19(21-11-7-8-16-25-4-2)23-14-12-22(13-15-23)17-9-5-6-10-18(17)24;/h5-6,9-10,24H,3-4,7-8,11-16H2,1-2H3,(H,20,21);1H. The Morgan fingerprint density at radius 3 is 2.54 bits per heavy atom. The van der Waals surface area contributed by atoms with E-state index >= 15 is 0 Å². The highest BCUT2D eigenvalue weighted by atomic mass is 127. The minimum Gasteiger partial charge on any atom is -0.506 e. The van der Waals surface area contributed by atoms with Crippen molar-refractivity contribution in [2.75, 3.05) is 57.4 Å². The molecule has 0 bridgehead atoms. The third kappa shape index (κ3) is 7.19. The van der Waals surface area contributed by atoms with Gasteiger partial charge in [0.1, 0.15) is 5.75 Å². The quantitative estimate of drug-likeness (QED) is 0.262. The minimum atomic E-state index is 0. The van der Waals surface area contributed by atoms with E-state index in [0.717, 1.165) is 77.0 Å². The van der Waals surface area contributed by atoms with Crippen molar-refractivity contribution in [3.63, 3.8) is 0 Å². The summed E-state index contributed by atoms with van der Waals surface area (Å²) in [5.41, 5.74) is 0.917. The first-order valence-electron chi connectivity index (χ1n) is 9.40. The van der Waals surface area contributed by atoms with Gasteiger partial charge in [-0.05, 0) is 38.8 Å². The van der Waals surface area contributed by atoms with Gasteiger partial charge in [0.25, 0.3) is 0 Å². The molecular weight excluding hydrogens is 443 g/mol. The summed E-state index contributed by atoms with van der Waals surface area (Å²) in [6.07, 6.45) is 2.10. The number of unbranched alkanes of at least 4 members (excludes halogenated alkanes) is 1. The van der Waals surface area contributed by atoms with Crippen LogP contribution in [0.5, 0.6) is 5.75 Å². The smallest absolute Gasteiger partial charge is 0.194 e. The molecule has 1 heterocycles. The Labute approximate surface area is 174 Å². The fourth-order valence-corrected chi connectivity index (χ4v) is 2.96. The number of piperazine rings is 1. The van der Waals surface area contributed by atoms with Gasteiger partial charge in [0, 0.05) is 52.5 Å². The third-order valence-electron chi connectivity index (χ3n) is 4.30. The molecule has 0 spiro atoms. The molecule has 26 heavy (non-hydrogen) atoms. The maximum atomic E-state index is 10.0. The molecule has 1 fully saturated rings. The maximum Gasteiger partial charge on any atom is 0.194 e. The molecule has 1 aromatic carbocycles. The predicted molar refractivity (Wildman–Crippen MR) is 119 cm³/mol. The van der Waals surface area contributed by atoms with Crippen LogP contribution in [0.25, 0.3) is 0 Å². The monoisotopic (exact) mass is 476 g/mol. The number of phenolic OH excluding ortho intramolecular Hbond substituents is 1. The van der Waals surface area contributed by atoms with Crippen LogP contribution in [0.2, 0.25) is 0 Å². The number of rotatable bonds is 8.